The van der Waals surface area contributed by atoms with E-state index in [0.717, 1.165) is 0 Å². The van der Waals surface area contributed by atoms with Gasteiger partial charge < -0.3 is 16.8 Å². The Bertz CT molecular complexity index is 449. The SMILES string of the molecule is Nc1cc(N)c(NCCCCC(F)(F)F)c(F)c1Cl. The molecule has 0 fully saturated rings. The van der Waals surface area contributed by atoms with Gasteiger partial charge in [-0.05, 0) is 18.9 Å². The van der Waals surface area contributed by atoms with E-state index in [-0.39, 0.29) is 41.5 Å². The minimum absolute atomic E-state index is 0.0132. The van der Waals surface area contributed by atoms with Gasteiger partial charge in [-0.2, -0.15) is 13.2 Å². The van der Waals surface area contributed by atoms with Crippen molar-refractivity contribution >= 4 is 28.7 Å². The molecule has 8 heteroatoms. The van der Waals surface area contributed by atoms with Gasteiger partial charge in [0.15, 0.2) is 5.82 Å². The third kappa shape index (κ3) is 4.66. The fourth-order valence-corrected chi connectivity index (χ4v) is 1.66. The number of anilines is 3. The summed E-state index contributed by atoms with van der Waals surface area (Å²) >= 11 is 5.61. The van der Waals surface area contributed by atoms with Gasteiger partial charge in [0.25, 0.3) is 0 Å². The first-order valence-corrected chi connectivity index (χ1v) is 5.93. The van der Waals surface area contributed by atoms with Crippen molar-refractivity contribution in [3.8, 4) is 0 Å². The fourth-order valence-electron chi connectivity index (χ4n) is 1.51. The third-order valence-corrected chi connectivity index (χ3v) is 2.84. The molecule has 19 heavy (non-hydrogen) atoms. The smallest absolute Gasteiger partial charge is 0.389 e. The molecule has 0 bridgehead atoms. The lowest BCUT2D eigenvalue weighted by atomic mass is 10.2. The predicted molar refractivity (Wildman–Crippen MR) is 68.6 cm³/mol. The van der Waals surface area contributed by atoms with Gasteiger partial charge in [-0.25, -0.2) is 4.39 Å². The Balaban J connectivity index is 2.53. The van der Waals surface area contributed by atoms with E-state index in [1.807, 2.05) is 0 Å². The van der Waals surface area contributed by atoms with Crippen LogP contribution >= 0.6 is 11.6 Å². The first-order chi connectivity index (χ1) is 8.72. The molecule has 0 atom stereocenters. The molecule has 0 aliphatic carbocycles. The van der Waals surface area contributed by atoms with Gasteiger partial charge in [0.2, 0.25) is 0 Å². The van der Waals surface area contributed by atoms with Crippen LogP contribution in [0.25, 0.3) is 0 Å². The summed E-state index contributed by atoms with van der Waals surface area (Å²) in [6.45, 7) is 0.164. The molecule has 0 amide bonds. The quantitative estimate of drug-likeness (QED) is 0.440. The van der Waals surface area contributed by atoms with Crippen LogP contribution in [-0.4, -0.2) is 12.7 Å². The minimum atomic E-state index is -4.17. The lowest BCUT2D eigenvalue weighted by Crippen LogP contribution is -2.10. The Morgan fingerprint density at radius 3 is 2.37 bits per heavy atom. The number of unbranched alkanes of at least 4 members (excludes halogenated alkanes) is 1. The molecule has 0 saturated carbocycles. The van der Waals surface area contributed by atoms with Gasteiger partial charge in [0, 0.05) is 13.0 Å². The zero-order valence-corrected chi connectivity index (χ0v) is 10.7. The van der Waals surface area contributed by atoms with Crippen molar-refractivity contribution < 1.29 is 17.6 Å². The highest BCUT2D eigenvalue weighted by Gasteiger charge is 2.25. The Morgan fingerprint density at radius 1 is 1.16 bits per heavy atom. The summed E-state index contributed by atoms with van der Waals surface area (Å²) in [5.41, 5.74) is 11.0. The molecule has 0 saturated heterocycles. The second-order valence-electron chi connectivity index (χ2n) is 4.06. The van der Waals surface area contributed by atoms with Crippen LogP contribution in [0, 0.1) is 5.82 Å². The molecule has 0 aromatic heterocycles. The van der Waals surface area contributed by atoms with E-state index in [1.165, 1.54) is 6.07 Å². The maximum absolute atomic E-state index is 13.7. The monoisotopic (exact) mass is 299 g/mol. The van der Waals surface area contributed by atoms with Gasteiger partial charge in [-0.3, -0.25) is 0 Å². The van der Waals surface area contributed by atoms with Gasteiger partial charge >= 0.3 is 6.18 Å². The first-order valence-electron chi connectivity index (χ1n) is 5.56. The standard InChI is InChI=1S/C11H14ClF4N3/c12-8-6(17)5-7(18)10(9(8)13)19-4-2-1-3-11(14,15)16/h5,19H,1-4,17-18H2. The zero-order chi connectivity index (χ0) is 14.6. The van der Waals surface area contributed by atoms with E-state index in [2.05, 4.69) is 5.32 Å². The van der Waals surface area contributed by atoms with E-state index in [4.69, 9.17) is 23.1 Å². The summed E-state index contributed by atoms with van der Waals surface area (Å²) in [6, 6.07) is 1.30. The highest BCUT2D eigenvalue weighted by Crippen LogP contribution is 2.33. The average Bonchev–Trinajstić information content (AvgIpc) is 2.28. The van der Waals surface area contributed by atoms with E-state index >= 15 is 0 Å². The van der Waals surface area contributed by atoms with Crippen LogP contribution in [0.15, 0.2) is 6.07 Å². The second-order valence-corrected chi connectivity index (χ2v) is 4.44. The van der Waals surface area contributed by atoms with Crippen molar-refractivity contribution in [2.45, 2.75) is 25.4 Å². The predicted octanol–water partition coefficient (Wildman–Crippen LogP) is 3.79. The molecule has 3 nitrogen and oxygen atoms in total. The molecule has 1 aromatic rings. The number of benzene rings is 1. The van der Waals surface area contributed by atoms with Crippen LogP contribution in [0.3, 0.4) is 0 Å². The summed E-state index contributed by atoms with van der Waals surface area (Å²) in [7, 11) is 0. The molecule has 0 aliphatic rings. The van der Waals surface area contributed by atoms with Gasteiger partial charge in [-0.15, -0.1) is 0 Å². The molecule has 108 valence electrons. The minimum Gasteiger partial charge on any atom is -0.397 e. The van der Waals surface area contributed by atoms with Crippen molar-refractivity contribution in [2.75, 3.05) is 23.3 Å². The molecule has 1 rings (SSSR count). The first kappa shape index (κ1) is 15.7. The van der Waals surface area contributed by atoms with Crippen molar-refractivity contribution in [1.29, 1.82) is 0 Å². The maximum atomic E-state index is 13.7. The van der Waals surface area contributed by atoms with Crippen LogP contribution in [0.4, 0.5) is 34.6 Å². The van der Waals surface area contributed by atoms with E-state index in [9.17, 15) is 17.6 Å². The fraction of sp³-hybridized carbons (Fsp3) is 0.455. The second kappa shape index (κ2) is 6.18. The number of halogens is 5. The Labute approximate surface area is 112 Å². The normalized spacial score (nSPS) is 11.6. The molecular formula is C11H14ClF4N3. The Morgan fingerprint density at radius 2 is 1.79 bits per heavy atom. The maximum Gasteiger partial charge on any atom is 0.389 e. The van der Waals surface area contributed by atoms with Crippen LogP contribution in [0.5, 0.6) is 0 Å². The summed E-state index contributed by atoms with van der Waals surface area (Å²) < 4.78 is 49.4. The summed E-state index contributed by atoms with van der Waals surface area (Å²) in [4.78, 5) is 0. The molecule has 1 aromatic carbocycles. The Hall–Kier alpha value is -1.37. The van der Waals surface area contributed by atoms with Crippen LogP contribution < -0.4 is 16.8 Å². The van der Waals surface area contributed by atoms with Crippen molar-refractivity contribution in [1.82, 2.24) is 0 Å². The number of hydrogen-bond donors (Lipinski definition) is 3. The number of alkyl halides is 3. The summed E-state index contributed by atoms with van der Waals surface area (Å²) in [6.07, 6.45) is -4.84. The van der Waals surface area contributed by atoms with Gasteiger partial charge in [-0.1, -0.05) is 11.6 Å². The van der Waals surface area contributed by atoms with Crippen molar-refractivity contribution in [3.05, 3.63) is 16.9 Å². The lowest BCUT2D eigenvalue weighted by molar-refractivity contribution is -0.135. The average molecular weight is 300 g/mol. The zero-order valence-electron chi connectivity index (χ0n) is 9.95. The number of nitrogen functional groups attached to an aromatic ring is 2. The summed E-state index contributed by atoms with van der Waals surface area (Å²) in [5, 5.41) is 2.37. The largest absolute Gasteiger partial charge is 0.397 e. The highest BCUT2D eigenvalue weighted by molar-refractivity contribution is 6.33. The van der Waals surface area contributed by atoms with Crippen molar-refractivity contribution in [2.24, 2.45) is 0 Å². The molecule has 0 spiro atoms. The molecular weight excluding hydrogens is 286 g/mol. The van der Waals surface area contributed by atoms with Crippen LogP contribution in [-0.2, 0) is 0 Å². The van der Waals surface area contributed by atoms with E-state index in [0.29, 0.717) is 0 Å². The highest BCUT2D eigenvalue weighted by atomic mass is 35.5. The molecule has 0 heterocycles. The number of hydrogen-bond acceptors (Lipinski definition) is 3. The molecule has 0 aliphatic heterocycles. The van der Waals surface area contributed by atoms with Gasteiger partial charge in [0.05, 0.1) is 17.1 Å². The van der Waals surface area contributed by atoms with E-state index in [1.54, 1.807) is 0 Å². The number of nitrogens with one attached hydrogen (secondary N) is 1. The van der Waals surface area contributed by atoms with Crippen LogP contribution in [0.1, 0.15) is 19.3 Å². The number of rotatable bonds is 5. The summed E-state index contributed by atoms with van der Waals surface area (Å²) in [5.74, 6) is -0.796. The Kier molecular flexibility index (Phi) is 5.11. The molecule has 0 unspecified atom stereocenters. The van der Waals surface area contributed by atoms with Crippen LogP contribution in [0.2, 0.25) is 5.02 Å². The van der Waals surface area contributed by atoms with Crippen molar-refractivity contribution in [3.63, 3.8) is 0 Å². The molecule has 5 N–H and O–H groups in total. The topological polar surface area (TPSA) is 64.1 Å². The van der Waals surface area contributed by atoms with E-state index < -0.39 is 18.4 Å². The third-order valence-electron chi connectivity index (χ3n) is 2.45. The lowest BCUT2D eigenvalue weighted by Gasteiger charge is -2.13. The van der Waals surface area contributed by atoms with Gasteiger partial charge in [0.1, 0.15) is 5.02 Å². The molecule has 0 radical (unpaired) electrons. The number of nitrogens with two attached hydrogens (primary N) is 2.